The number of carbonyl (C=O) groups excluding carboxylic acids is 1. The molecule has 0 spiro atoms. The maximum Gasteiger partial charge on any atom is 0.251 e. The minimum Gasteiger partial charge on any atom is -0.368 e. The number of hydrogen-bond donors (Lipinski definition) is 1. The Kier molecular flexibility index (Phi) is 4.46. The van der Waals surface area contributed by atoms with Crippen LogP contribution in [0, 0.1) is 11.8 Å². The van der Waals surface area contributed by atoms with Crippen molar-refractivity contribution in [1.29, 1.82) is 0 Å². The number of fused-ring (bicyclic) bond motifs is 2. The first-order valence-electron chi connectivity index (χ1n) is 9.16. The van der Waals surface area contributed by atoms with Crippen LogP contribution in [0.4, 0.5) is 0 Å². The van der Waals surface area contributed by atoms with E-state index >= 15 is 0 Å². The van der Waals surface area contributed by atoms with Gasteiger partial charge < -0.3 is 19.9 Å². The molecule has 4 atom stereocenters. The van der Waals surface area contributed by atoms with Crippen LogP contribution in [-0.4, -0.2) is 65.8 Å². The number of nitrogens with one attached hydrogen (secondary N) is 1. The van der Waals surface area contributed by atoms with Crippen LogP contribution in [-0.2, 0) is 9.53 Å². The number of thiocarbonyl (C=S) groups is 1. The van der Waals surface area contributed by atoms with Gasteiger partial charge >= 0.3 is 0 Å². The van der Waals surface area contributed by atoms with Crippen LogP contribution in [0.15, 0.2) is 0 Å². The van der Waals surface area contributed by atoms with Crippen molar-refractivity contribution in [3.63, 3.8) is 0 Å². The standard InChI is InChI=1S/C17H27N3O2S/c21-16(15-2-1-9-22-15)19-5-7-20(8-6-19)17(23)18-14-11-12-3-4-13(14)10-12/h12-15H,1-11H2,(H,18,23)/t12-,13-,14+,15-/m0/s1. The van der Waals surface area contributed by atoms with E-state index in [1.165, 1.54) is 25.7 Å². The highest BCUT2D eigenvalue weighted by Crippen LogP contribution is 2.44. The summed E-state index contributed by atoms with van der Waals surface area (Å²) in [4.78, 5) is 16.6. The van der Waals surface area contributed by atoms with Gasteiger partial charge in [0.15, 0.2) is 5.11 Å². The molecule has 128 valence electrons. The molecule has 2 saturated carbocycles. The zero-order chi connectivity index (χ0) is 15.8. The van der Waals surface area contributed by atoms with Gasteiger partial charge in [-0.1, -0.05) is 6.42 Å². The molecule has 6 heteroatoms. The maximum absolute atomic E-state index is 12.4. The largest absolute Gasteiger partial charge is 0.368 e. The van der Waals surface area contributed by atoms with Crippen molar-refractivity contribution >= 4 is 23.2 Å². The summed E-state index contributed by atoms with van der Waals surface area (Å²) in [5.74, 6) is 1.94. The van der Waals surface area contributed by atoms with Gasteiger partial charge in [-0.15, -0.1) is 0 Å². The minimum absolute atomic E-state index is 0.175. The predicted molar refractivity (Wildman–Crippen MR) is 92.1 cm³/mol. The molecular weight excluding hydrogens is 310 g/mol. The molecule has 2 saturated heterocycles. The summed E-state index contributed by atoms with van der Waals surface area (Å²) >= 11 is 5.62. The van der Waals surface area contributed by atoms with Crippen molar-refractivity contribution in [3.05, 3.63) is 0 Å². The topological polar surface area (TPSA) is 44.8 Å². The average Bonchev–Trinajstić information content (AvgIpc) is 3.32. The summed E-state index contributed by atoms with van der Waals surface area (Å²) in [6, 6.07) is 0.591. The third-order valence-electron chi connectivity index (χ3n) is 6.13. The van der Waals surface area contributed by atoms with E-state index in [4.69, 9.17) is 17.0 Å². The highest BCUT2D eigenvalue weighted by molar-refractivity contribution is 7.80. The van der Waals surface area contributed by atoms with Crippen molar-refractivity contribution in [2.75, 3.05) is 32.8 Å². The van der Waals surface area contributed by atoms with Crippen LogP contribution in [0.2, 0.25) is 0 Å². The molecule has 1 N–H and O–H groups in total. The first-order valence-corrected chi connectivity index (χ1v) is 9.57. The van der Waals surface area contributed by atoms with Gasteiger partial charge in [-0.05, 0) is 56.2 Å². The first-order chi connectivity index (χ1) is 11.2. The number of rotatable bonds is 2. The SMILES string of the molecule is O=C([C@@H]1CCCO1)N1CCN(C(=S)N[C@@H]2C[C@H]3CC[C@H]2C3)CC1. The molecule has 0 aromatic carbocycles. The summed E-state index contributed by atoms with van der Waals surface area (Å²) in [5, 5.41) is 4.50. The molecule has 0 aromatic heterocycles. The number of amides is 1. The lowest BCUT2D eigenvalue weighted by Crippen LogP contribution is -2.56. The van der Waals surface area contributed by atoms with E-state index in [-0.39, 0.29) is 12.0 Å². The lowest BCUT2D eigenvalue weighted by atomic mass is 9.95. The van der Waals surface area contributed by atoms with Gasteiger partial charge in [0.1, 0.15) is 6.10 Å². The lowest BCUT2D eigenvalue weighted by Gasteiger charge is -2.38. The van der Waals surface area contributed by atoms with E-state index in [0.29, 0.717) is 6.04 Å². The molecular formula is C17H27N3O2S. The highest BCUT2D eigenvalue weighted by atomic mass is 32.1. The Morgan fingerprint density at radius 2 is 1.83 bits per heavy atom. The molecule has 2 heterocycles. The molecule has 1 amide bonds. The van der Waals surface area contributed by atoms with Crippen molar-refractivity contribution in [2.24, 2.45) is 11.8 Å². The normalized spacial score (nSPS) is 36.5. The fourth-order valence-corrected chi connectivity index (χ4v) is 5.11. The zero-order valence-corrected chi connectivity index (χ0v) is 14.5. The van der Waals surface area contributed by atoms with Gasteiger partial charge in [-0.25, -0.2) is 0 Å². The predicted octanol–water partition coefficient (Wildman–Crippen LogP) is 1.37. The van der Waals surface area contributed by atoms with E-state index in [1.807, 2.05) is 4.90 Å². The number of carbonyl (C=O) groups is 1. The first kappa shape index (κ1) is 15.6. The fourth-order valence-electron chi connectivity index (χ4n) is 4.78. The summed E-state index contributed by atoms with van der Waals surface area (Å²) in [6.45, 7) is 3.93. The quantitative estimate of drug-likeness (QED) is 0.771. The van der Waals surface area contributed by atoms with Gasteiger partial charge in [0.2, 0.25) is 0 Å². The molecule has 0 unspecified atom stereocenters. The van der Waals surface area contributed by atoms with E-state index in [9.17, 15) is 4.79 Å². The van der Waals surface area contributed by atoms with Gasteiger partial charge in [-0.3, -0.25) is 4.79 Å². The third-order valence-corrected chi connectivity index (χ3v) is 6.51. The molecule has 4 fully saturated rings. The Morgan fingerprint density at radius 3 is 2.43 bits per heavy atom. The minimum atomic E-state index is -0.194. The summed E-state index contributed by atoms with van der Waals surface area (Å²) < 4.78 is 5.52. The van der Waals surface area contributed by atoms with Crippen molar-refractivity contribution in [2.45, 2.75) is 50.7 Å². The maximum atomic E-state index is 12.4. The van der Waals surface area contributed by atoms with E-state index in [2.05, 4.69) is 10.2 Å². The van der Waals surface area contributed by atoms with Gasteiger partial charge in [0.25, 0.3) is 5.91 Å². The second kappa shape index (κ2) is 6.55. The summed E-state index contributed by atoms with van der Waals surface area (Å²) in [5.41, 5.74) is 0. The van der Waals surface area contributed by atoms with Gasteiger partial charge in [0, 0.05) is 38.8 Å². The van der Waals surface area contributed by atoms with Gasteiger partial charge in [-0.2, -0.15) is 0 Å². The Labute approximate surface area is 143 Å². The van der Waals surface area contributed by atoms with Crippen molar-refractivity contribution in [1.82, 2.24) is 15.1 Å². The van der Waals surface area contributed by atoms with Crippen molar-refractivity contribution in [3.8, 4) is 0 Å². The molecule has 4 aliphatic rings. The van der Waals surface area contributed by atoms with Crippen LogP contribution in [0.1, 0.15) is 38.5 Å². The van der Waals surface area contributed by atoms with Crippen LogP contribution >= 0.6 is 12.2 Å². The molecule has 2 bridgehead atoms. The van der Waals surface area contributed by atoms with Crippen LogP contribution in [0.5, 0.6) is 0 Å². The third kappa shape index (κ3) is 3.20. The second-order valence-corrected chi connectivity index (χ2v) is 7.93. The lowest BCUT2D eigenvalue weighted by molar-refractivity contribution is -0.142. The van der Waals surface area contributed by atoms with Gasteiger partial charge in [0.05, 0.1) is 0 Å². The van der Waals surface area contributed by atoms with Crippen LogP contribution in [0.3, 0.4) is 0 Å². The summed E-state index contributed by atoms with van der Waals surface area (Å²) in [6.07, 6.45) is 7.16. The number of nitrogens with zero attached hydrogens (tertiary/aromatic N) is 2. The Morgan fingerprint density at radius 1 is 1.04 bits per heavy atom. The second-order valence-electron chi connectivity index (χ2n) is 7.54. The Hall–Kier alpha value is -0.880. The molecule has 2 aliphatic heterocycles. The summed E-state index contributed by atoms with van der Waals surface area (Å²) in [7, 11) is 0. The highest BCUT2D eigenvalue weighted by Gasteiger charge is 2.40. The van der Waals surface area contributed by atoms with Crippen LogP contribution < -0.4 is 5.32 Å². The van der Waals surface area contributed by atoms with E-state index < -0.39 is 0 Å². The molecule has 0 aromatic rings. The van der Waals surface area contributed by atoms with Crippen molar-refractivity contribution < 1.29 is 9.53 Å². The molecule has 23 heavy (non-hydrogen) atoms. The molecule has 0 radical (unpaired) electrons. The van der Waals surface area contributed by atoms with Crippen LogP contribution in [0.25, 0.3) is 0 Å². The van der Waals surface area contributed by atoms with E-state index in [0.717, 1.165) is 62.6 Å². The monoisotopic (exact) mass is 337 g/mol. The molecule has 4 rings (SSSR count). The number of ether oxygens (including phenoxy) is 1. The smallest absolute Gasteiger partial charge is 0.251 e. The zero-order valence-electron chi connectivity index (χ0n) is 13.7. The number of hydrogen-bond acceptors (Lipinski definition) is 3. The molecule has 2 aliphatic carbocycles. The Bertz CT molecular complexity index is 472. The Balaban J connectivity index is 1.24. The average molecular weight is 337 g/mol. The number of piperazine rings is 1. The van der Waals surface area contributed by atoms with E-state index in [1.54, 1.807) is 0 Å². The fraction of sp³-hybridized carbons (Fsp3) is 0.882. The molecule has 5 nitrogen and oxygen atoms in total.